The molecule has 0 atom stereocenters. The van der Waals surface area contributed by atoms with E-state index in [0.717, 1.165) is 0 Å². The van der Waals surface area contributed by atoms with Crippen LogP contribution in [0.25, 0.3) is 0 Å². The lowest BCUT2D eigenvalue weighted by Crippen LogP contribution is -2.27. The Hall–Kier alpha value is -2.02. The second kappa shape index (κ2) is 8.30. The van der Waals surface area contributed by atoms with Crippen LogP contribution in [0.1, 0.15) is 6.42 Å². The van der Waals surface area contributed by atoms with E-state index in [9.17, 15) is 9.59 Å². The van der Waals surface area contributed by atoms with Crippen molar-refractivity contribution < 1.29 is 19.1 Å². The topological polar surface area (TPSA) is 52.6 Å². The molecule has 0 aromatic rings. The fourth-order valence-corrected chi connectivity index (χ4v) is 0.864. The summed E-state index contributed by atoms with van der Waals surface area (Å²) in [6, 6.07) is 0. The first-order chi connectivity index (χ1) is 7.67. The zero-order valence-corrected chi connectivity index (χ0v) is 8.98. The maximum Gasteiger partial charge on any atom is 0.321 e. The van der Waals surface area contributed by atoms with Gasteiger partial charge in [-0.05, 0) is 0 Å². The molecule has 4 heteroatoms. The molecule has 0 fully saturated rings. The lowest BCUT2D eigenvalue weighted by atomic mass is 10.1. The molecular weight excluding hydrogens is 208 g/mol. The van der Waals surface area contributed by atoms with Crippen molar-refractivity contribution >= 4 is 11.9 Å². The third-order valence-electron chi connectivity index (χ3n) is 1.58. The minimum Gasteiger partial charge on any atom is -0.461 e. The van der Waals surface area contributed by atoms with Gasteiger partial charge in [-0.3, -0.25) is 9.59 Å². The fourth-order valence-electron chi connectivity index (χ4n) is 0.864. The molecule has 16 heavy (non-hydrogen) atoms. The van der Waals surface area contributed by atoms with Crippen LogP contribution in [0, 0.1) is 18.3 Å². The summed E-state index contributed by atoms with van der Waals surface area (Å²) in [6.07, 6.45) is 7.81. The Morgan fingerprint density at radius 1 is 1.19 bits per heavy atom. The molecular formula is C12H14O4. The number of rotatable bonds is 7. The summed E-state index contributed by atoms with van der Waals surface area (Å²) in [5.74, 6) is -0.254. The molecule has 0 bridgehead atoms. The molecule has 0 heterocycles. The Morgan fingerprint density at radius 2 is 1.62 bits per heavy atom. The summed E-state index contributed by atoms with van der Waals surface area (Å²) in [5, 5.41) is 0. The van der Waals surface area contributed by atoms with Gasteiger partial charge in [0.1, 0.15) is 13.2 Å². The number of ether oxygens (including phenoxy) is 2. The number of carbonyl (C=O) groups excluding carboxylic acids is 2. The first kappa shape index (κ1) is 14.0. The Morgan fingerprint density at radius 3 is 1.94 bits per heavy atom. The van der Waals surface area contributed by atoms with Gasteiger partial charge in [-0.1, -0.05) is 25.3 Å². The predicted octanol–water partition coefficient (Wildman–Crippen LogP) is 1.08. The van der Waals surface area contributed by atoms with E-state index in [4.69, 9.17) is 15.9 Å². The van der Waals surface area contributed by atoms with E-state index in [0.29, 0.717) is 0 Å². The molecule has 0 aliphatic carbocycles. The van der Waals surface area contributed by atoms with Crippen LogP contribution in [0.2, 0.25) is 0 Å². The summed E-state index contributed by atoms with van der Waals surface area (Å²) in [4.78, 5) is 22.8. The van der Waals surface area contributed by atoms with Crippen LogP contribution in [0.4, 0.5) is 0 Å². The molecule has 0 rings (SSSR count). The molecule has 0 saturated carbocycles. The van der Waals surface area contributed by atoms with Crippen molar-refractivity contribution in [2.45, 2.75) is 6.42 Å². The molecule has 0 aliphatic heterocycles. The van der Waals surface area contributed by atoms with Crippen LogP contribution in [0.15, 0.2) is 25.3 Å². The van der Waals surface area contributed by atoms with Gasteiger partial charge in [0, 0.05) is 6.42 Å². The molecule has 0 spiro atoms. The van der Waals surface area contributed by atoms with Crippen LogP contribution in [0.3, 0.4) is 0 Å². The van der Waals surface area contributed by atoms with Crippen LogP contribution >= 0.6 is 0 Å². The number of esters is 2. The number of carbonyl (C=O) groups is 2. The van der Waals surface area contributed by atoms with Crippen molar-refractivity contribution in [1.29, 1.82) is 0 Å². The molecule has 0 amide bonds. The average molecular weight is 222 g/mol. The number of terminal acetylenes is 1. The predicted molar refractivity (Wildman–Crippen MR) is 59.3 cm³/mol. The number of hydrogen-bond acceptors (Lipinski definition) is 4. The van der Waals surface area contributed by atoms with Gasteiger partial charge >= 0.3 is 11.9 Å². The van der Waals surface area contributed by atoms with Crippen molar-refractivity contribution in [3.63, 3.8) is 0 Å². The molecule has 86 valence electrons. The van der Waals surface area contributed by atoms with Gasteiger partial charge in [0.2, 0.25) is 0 Å². The van der Waals surface area contributed by atoms with Crippen LogP contribution in [-0.4, -0.2) is 25.2 Å². The molecule has 0 N–H and O–H groups in total. The molecule has 4 nitrogen and oxygen atoms in total. The summed E-state index contributed by atoms with van der Waals surface area (Å²) < 4.78 is 9.46. The van der Waals surface area contributed by atoms with Crippen molar-refractivity contribution in [2.24, 2.45) is 5.92 Å². The minimum atomic E-state index is -1.08. The quantitative estimate of drug-likeness (QED) is 0.280. The Labute approximate surface area is 94.9 Å². The van der Waals surface area contributed by atoms with Gasteiger partial charge in [0.25, 0.3) is 0 Å². The standard InChI is InChI=1S/C12H14O4/c1-4-7-10(11(13)15-8-5-2)12(14)16-9-6-3/h1,5-6,10H,2-3,7-9H2. The van der Waals surface area contributed by atoms with Crippen molar-refractivity contribution in [3.8, 4) is 12.3 Å². The first-order valence-corrected chi connectivity index (χ1v) is 4.65. The van der Waals surface area contributed by atoms with Gasteiger partial charge in [-0.15, -0.1) is 12.3 Å². The SMILES string of the molecule is C#CCC(C(=O)OCC=C)C(=O)OCC=C. The summed E-state index contributed by atoms with van der Waals surface area (Å²) >= 11 is 0. The summed E-state index contributed by atoms with van der Waals surface area (Å²) in [6.45, 7) is 6.84. The molecule has 0 aliphatic rings. The van der Waals surface area contributed by atoms with Crippen molar-refractivity contribution in [1.82, 2.24) is 0 Å². The van der Waals surface area contributed by atoms with Gasteiger partial charge in [0.15, 0.2) is 5.92 Å². The van der Waals surface area contributed by atoms with Crippen LogP contribution < -0.4 is 0 Å². The maximum atomic E-state index is 11.4. The third kappa shape index (κ3) is 5.01. The van der Waals surface area contributed by atoms with Crippen LogP contribution in [-0.2, 0) is 19.1 Å². The second-order valence-electron chi connectivity index (χ2n) is 2.80. The van der Waals surface area contributed by atoms with E-state index in [1.54, 1.807) is 0 Å². The second-order valence-corrected chi connectivity index (χ2v) is 2.80. The lowest BCUT2D eigenvalue weighted by molar-refractivity contribution is -0.160. The summed E-state index contributed by atoms with van der Waals surface area (Å²) in [7, 11) is 0. The van der Waals surface area contributed by atoms with Gasteiger partial charge in [0.05, 0.1) is 0 Å². The van der Waals surface area contributed by atoms with E-state index in [1.807, 2.05) is 0 Å². The van der Waals surface area contributed by atoms with E-state index >= 15 is 0 Å². The van der Waals surface area contributed by atoms with Crippen LogP contribution in [0.5, 0.6) is 0 Å². The largest absolute Gasteiger partial charge is 0.461 e. The number of hydrogen-bond donors (Lipinski definition) is 0. The normalized spacial score (nSPS) is 9.00. The van der Waals surface area contributed by atoms with E-state index in [1.165, 1.54) is 12.2 Å². The summed E-state index contributed by atoms with van der Waals surface area (Å²) in [5.41, 5.74) is 0. The Balaban J connectivity index is 4.40. The highest BCUT2D eigenvalue weighted by Crippen LogP contribution is 2.08. The average Bonchev–Trinajstić information content (AvgIpc) is 2.29. The zero-order valence-electron chi connectivity index (χ0n) is 8.98. The van der Waals surface area contributed by atoms with Crippen molar-refractivity contribution in [3.05, 3.63) is 25.3 Å². The Kier molecular flexibility index (Phi) is 7.25. The van der Waals surface area contributed by atoms with Gasteiger partial charge in [-0.2, -0.15) is 0 Å². The lowest BCUT2D eigenvalue weighted by Gasteiger charge is -2.11. The molecule has 0 radical (unpaired) electrons. The third-order valence-corrected chi connectivity index (χ3v) is 1.58. The smallest absolute Gasteiger partial charge is 0.321 e. The van der Waals surface area contributed by atoms with Crippen molar-refractivity contribution in [2.75, 3.05) is 13.2 Å². The molecule has 0 unspecified atom stereocenters. The fraction of sp³-hybridized carbons (Fsp3) is 0.333. The molecule has 0 aromatic heterocycles. The first-order valence-electron chi connectivity index (χ1n) is 4.65. The zero-order chi connectivity index (χ0) is 12.4. The molecule has 0 saturated heterocycles. The monoisotopic (exact) mass is 222 g/mol. The van der Waals surface area contributed by atoms with E-state index in [-0.39, 0.29) is 19.6 Å². The van der Waals surface area contributed by atoms with E-state index < -0.39 is 17.9 Å². The highest BCUT2D eigenvalue weighted by molar-refractivity contribution is 5.95. The highest BCUT2D eigenvalue weighted by Gasteiger charge is 2.28. The van der Waals surface area contributed by atoms with Gasteiger partial charge in [-0.25, -0.2) is 0 Å². The highest BCUT2D eigenvalue weighted by atomic mass is 16.6. The minimum absolute atomic E-state index is 0.0364. The Bertz CT molecular complexity index is 287. The van der Waals surface area contributed by atoms with Gasteiger partial charge < -0.3 is 9.47 Å². The van der Waals surface area contributed by atoms with E-state index in [2.05, 4.69) is 19.1 Å². The molecule has 0 aromatic carbocycles. The maximum absolute atomic E-state index is 11.4.